The number of carboxylic acid groups (broad SMARTS) is 1. The van der Waals surface area contributed by atoms with Crippen LogP contribution in [-0.2, 0) is 6.42 Å². The molecule has 6 nitrogen and oxygen atoms in total. The van der Waals surface area contributed by atoms with Gasteiger partial charge in [-0.25, -0.2) is 9.31 Å². The number of ether oxygens (including phenoxy) is 1. The number of hydrogen-bond donors (Lipinski definition) is 1. The average molecular weight is 521 g/mol. The van der Waals surface area contributed by atoms with Crippen LogP contribution < -0.4 is 4.74 Å². The largest absolute Gasteiger partial charge is 0.493 e. The minimum Gasteiger partial charge on any atom is -0.493 e. The molecule has 3 aromatic carbocycles. The summed E-state index contributed by atoms with van der Waals surface area (Å²) in [5.74, 6) is -0.222. The Morgan fingerprint density at radius 3 is 2.36 bits per heavy atom. The number of rotatable bonds is 9. The number of carbonyl (C=O) groups is 2. The molecule has 5 aromatic rings. The number of fused-ring (bicyclic) bond motifs is 2. The van der Waals surface area contributed by atoms with Crippen molar-refractivity contribution in [3.8, 4) is 17.0 Å². The van der Waals surface area contributed by atoms with E-state index < -0.39 is 5.97 Å². The molecule has 0 radical (unpaired) electrons. The molecule has 5 rings (SSSR count). The maximum Gasteiger partial charge on any atom is 0.356 e. The fourth-order valence-electron chi connectivity index (χ4n) is 5.32. The Labute approximate surface area is 227 Å². The molecule has 198 valence electrons. The summed E-state index contributed by atoms with van der Waals surface area (Å²) in [5, 5.41) is 16.7. The van der Waals surface area contributed by atoms with Gasteiger partial charge < -0.3 is 9.84 Å². The lowest BCUT2D eigenvalue weighted by Gasteiger charge is -2.15. The first-order chi connectivity index (χ1) is 18.8. The first-order valence-electron chi connectivity index (χ1n) is 13.3. The zero-order valence-electron chi connectivity index (χ0n) is 22.7. The summed E-state index contributed by atoms with van der Waals surface area (Å²) in [4.78, 5) is 24.8. The van der Waals surface area contributed by atoms with Crippen molar-refractivity contribution in [3.63, 3.8) is 0 Å². The third-order valence-electron chi connectivity index (χ3n) is 7.14. The molecule has 1 N–H and O–H groups in total. The molecule has 39 heavy (non-hydrogen) atoms. The summed E-state index contributed by atoms with van der Waals surface area (Å²) < 4.78 is 7.83. The van der Waals surface area contributed by atoms with Gasteiger partial charge in [0.25, 0.3) is 0 Å². The normalized spacial score (nSPS) is 11.4. The molecule has 0 unspecified atom stereocenters. The van der Waals surface area contributed by atoms with Crippen LogP contribution in [0.25, 0.3) is 27.5 Å². The Morgan fingerprint density at radius 1 is 0.949 bits per heavy atom. The molecule has 0 amide bonds. The average Bonchev–Trinajstić information content (AvgIpc) is 3.30. The molecule has 2 heterocycles. The third kappa shape index (κ3) is 5.02. The molecule has 0 saturated heterocycles. The van der Waals surface area contributed by atoms with Gasteiger partial charge in [-0.3, -0.25) is 4.79 Å². The lowest BCUT2D eigenvalue weighted by molar-refractivity contribution is 0.0688. The number of aryl methyl sites for hydroxylation is 3. The number of hydrogen-bond acceptors (Lipinski definition) is 4. The van der Waals surface area contributed by atoms with Crippen molar-refractivity contribution in [3.05, 3.63) is 101 Å². The number of pyridine rings is 1. The number of Topliss-reactive ketones (excluding diaryl/α,β-unsaturated/α-hetero) is 1. The van der Waals surface area contributed by atoms with Gasteiger partial charge in [0.1, 0.15) is 5.75 Å². The van der Waals surface area contributed by atoms with Crippen LogP contribution in [0.1, 0.15) is 57.8 Å². The Morgan fingerprint density at radius 2 is 1.64 bits per heavy atom. The van der Waals surface area contributed by atoms with E-state index >= 15 is 0 Å². The van der Waals surface area contributed by atoms with Gasteiger partial charge in [-0.15, -0.1) is 0 Å². The molecule has 0 saturated carbocycles. The predicted octanol–water partition coefficient (Wildman–Crippen LogP) is 7.32. The first-order valence-corrected chi connectivity index (χ1v) is 13.3. The van der Waals surface area contributed by atoms with E-state index in [4.69, 9.17) is 4.74 Å². The molecule has 6 heteroatoms. The topological polar surface area (TPSA) is 80.9 Å². The van der Waals surface area contributed by atoms with Gasteiger partial charge in [0.15, 0.2) is 11.5 Å². The second-order valence-corrected chi connectivity index (χ2v) is 10.3. The van der Waals surface area contributed by atoms with Gasteiger partial charge in [0.2, 0.25) is 0 Å². The number of carbonyl (C=O) groups excluding carboxylic acids is 1. The maximum atomic E-state index is 12.6. The van der Waals surface area contributed by atoms with Crippen molar-refractivity contribution in [1.29, 1.82) is 0 Å². The standard InChI is InChI=1S/C33H32N2O4/c1-20(2)32(36)24-18-21(3)30(22(4)19-24)28-15-8-14-27-26(31(33(37)38)34-35(27)28)13-9-17-39-29-16-7-11-23-10-5-6-12-25(23)29/h5-8,10-12,14-16,18-20H,9,13,17H2,1-4H3,(H,37,38). The second-order valence-electron chi connectivity index (χ2n) is 10.3. The number of benzene rings is 3. The van der Waals surface area contributed by atoms with Gasteiger partial charge >= 0.3 is 5.97 Å². The lowest BCUT2D eigenvalue weighted by atomic mass is 9.92. The Balaban J connectivity index is 1.45. The van der Waals surface area contributed by atoms with E-state index in [0.717, 1.165) is 44.4 Å². The fraction of sp³-hybridized carbons (Fsp3) is 0.242. The van der Waals surface area contributed by atoms with Crippen molar-refractivity contribution in [1.82, 2.24) is 9.61 Å². The van der Waals surface area contributed by atoms with Crippen LogP contribution in [0, 0.1) is 19.8 Å². The van der Waals surface area contributed by atoms with E-state index in [2.05, 4.69) is 17.2 Å². The number of nitrogens with zero attached hydrogens (tertiary/aromatic N) is 2. The highest BCUT2D eigenvalue weighted by molar-refractivity contribution is 5.98. The summed E-state index contributed by atoms with van der Waals surface area (Å²) in [7, 11) is 0. The predicted molar refractivity (Wildman–Crippen MR) is 154 cm³/mol. The number of ketones is 1. The van der Waals surface area contributed by atoms with Crippen molar-refractivity contribution >= 4 is 28.0 Å². The van der Waals surface area contributed by atoms with Gasteiger partial charge in [-0.2, -0.15) is 5.10 Å². The molecule has 0 aliphatic heterocycles. The van der Waals surface area contributed by atoms with Crippen molar-refractivity contribution in [2.24, 2.45) is 5.92 Å². The summed E-state index contributed by atoms with van der Waals surface area (Å²) in [5.41, 5.74) is 5.83. The minimum atomic E-state index is -1.05. The smallest absolute Gasteiger partial charge is 0.356 e. The highest BCUT2D eigenvalue weighted by atomic mass is 16.5. The fourth-order valence-corrected chi connectivity index (χ4v) is 5.32. The molecule has 0 bridgehead atoms. The van der Waals surface area contributed by atoms with Crippen molar-refractivity contribution in [2.75, 3.05) is 6.61 Å². The van der Waals surface area contributed by atoms with E-state index in [1.54, 1.807) is 4.52 Å². The maximum absolute atomic E-state index is 12.6. The molecule has 0 aliphatic carbocycles. The number of aromatic nitrogens is 2. The van der Waals surface area contributed by atoms with Crippen LogP contribution in [0.2, 0.25) is 0 Å². The summed E-state index contributed by atoms with van der Waals surface area (Å²) in [6, 6.07) is 23.7. The molecular weight excluding hydrogens is 488 g/mol. The van der Waals surface area contributed by atoms with Crippen LogP contribution >= 0.6 is 0 Å². The highest BCUT2D eigenvalue weighted by Gasteiger charge is 2.22. The Hall–Kier alpha value is -4.45. The summed E-state index contributed by atoms with van der Waals surface area (Å²) in [6.07, 6.45) is 1.15. The van der Waals surface area contributed by atoms with Crippen LogP contribution in [0.15, 0.2) is 72.8 Å². The molecule has 0 aliphatic rings. The summed E-state index contributed by atoms with van der Waals surface area (Å²) in [6.45, 7) is 8.20. The summed E-state index contributed by atoms with van der Waals surface area (Å²) >= 11 is 0. The van der Waals surface area contributed by atoms with Crippen molar-refractivity contribution < 1.29 is 19.4 Å². The minimum absolute atomic E-state index is 0.0505. The van der Waals surface area contributed by atoms with Crippen LogP contribution in [0.4, 0.5) is 0 Å². The third-order valence-corrected chi connectivity index (χ3v) is 7.14. The van der Waals surface area contributed by atoms with Gasteiger partial charge in [-0.1, -0.05) is 56.3 Å². The zero-order valence-corrected chi connectivity index (χ0v) is 22.7. The molecule has 0 atom stereocenters. The first kappa shape index (κ1) is 26.2. The van der Waals surface area contributed by atoms with Gasteiger partial charge in [0.05, 0.1) is 17.8 Å². The van der Waals surface area contributed by atoms with Crippen LogP contribution in [-0.4, -0.2) is 33.1 Å². The van der Waals surface area contributed by atoms with Crippen LogP contribution in [0.3, 0.4) is 0 Å². The number of carboxylic acids is 1. The van der Waals surface area contributed by atoms with Crippen LogP contribution in [0.5, 0.6) is 5.75 Å². The van der Waals surface area contributed by atoms with Gasteiger partial charge in [0, 0.05) is 28.0 Å². The van der Waals surface area contributed by atoms with E-state index in [0.29, 0.717) is 30.6 Å². The zero-order chi connectivity index (χ0) is 27.7. The lowest BCUT2D eigenvalue weighted by Crippen LogP contribution is -2.09. The Bertz CT molecular complexity index is 1690. The van der Waals surface area contributed by atoms with E-state index in [1.165, 1.54) is 0 Å². The second kappa shape index (κ2) is 10.7. The van der Waals surface area contributed by atoms with E-state index in [-0.39, 0.29) is 17.4 Å². The van der Waals surface area contributed by atoms with E-state index in [1.807, 2.05) is 88.4 Å². The number of aromatic carboxylic acids is 1. The quantitative estimate of drug-likeness (QED) is 0.163. The molecule has 2 aromatic heterocycles. The highest BCUT2D eigenvalue weighted by Crippen LogP contribution is 2.32. The SMILES string of the molecule is Cc1cc(C(=O)C(C)C)cc(C)c1-c1cccc2c(CCCOc3cccc4ccccc34)c(C(=O)O)nn12. The van der Waals surface area contributed by atoms with E-state index in [9.17, 15) is 14.7 Å². The molecule has 0 spiro atoms. The monoisotopic (exact) mass is 520 g/mol. The molecule has 0 fully saturated rings. The van der Waals surface area contributed by atoms with Gasteiger partial charge in [-0.05, 0) is 73.5 Å². The Kier molecular flexibility index (Phi) is 7.20. The molecular formula is C33H32N2O4. The van der Waals surface area contributed by atoms with Crippen molar-refractivity contribution in [2.45, 2.75) is 40.5 Å².